The summed E-state index contributed by atoms with van der Waals surface area (Å²) < 4.78 is 10.7. The highest BCUT2D eigenvalue weighted by atomic mass is 16.5. The Morgan fingerprint density at radius 3 is 2.52 bits per heavy atom. The van der Waals surface area contributed by atoms with Gasteiger partial charge in [-0.2, -0.15) is 5.26 Å². The van der Waals surface area contributed by atoms with Gasteiger partial charge in [-0.15, -0.1) is 0 Å². The molecule has 112 valence electrons. The van der Waals surface area contributed by atoms with Crippen LogP contribution < -0.4 is 20.1 Å². The van der Waals surface area contributed by atoms with Gasteiger partial charge in [-0.05, 0) is 26.0 Å². The van der Waals surface area contributed by atoms with E-state index in [1.54, 1.807) is 24.3 Å². The topological polar surface area (TPSA) is 100 Å². The molecule has 0 aliphatic carbocycles. The maximum Gasteiger partial charge on any atom is 0.313 e. The zero-order valence-electron chi connectivity index (χ0n) is 11.9. The van der Waals surface area contributed by atoms with Crippen molar-refractivity contribution >= 4 is 17.5 Å². The smallest absolute Gasteiger partial charge is 0.313 e. The maximum absolute atomic E-state index is 11.7. The summed E-state index contributed by atoms with van der Waals surface area (Å²) in [6, 6.07) is 6.65. The number of amides is 2. The summed E-state index contributed by atoms with van der Waals surface area (Å²) >= 11 is 0. The van der Waals surface area contributed by atoms with Gasteiger partial charge in [0, 0.05) is 6.07 Å². The number of rotatable bonds is 6. The highest BCUT2D eigenvalue weighted by Gasteiger charge is 2.16. The third-order valence-corrected chi connectivity index (χ3v) is 2.34. The molecular formula is C14H17N3O4. The van der Waals surface area contributed by atoms with E-state index in [1.807, 2.05) is 13.8 Å². The van der Waals surface area contributed by atoms with E-state index in [1.165, 1.54) is 0 Å². The van der Waals surface area contributed by atoms with Crippen LogP contribution in [0.4, 0.5) is 5.69 Å². The minimum atomic E-state index is -0.888. The molecule has 0 fully saturated rings. The SMILES string of the molecule is CCOc1ccc(OCC)c(NC(=O)C(=O)NCC#N)c1. The van der Waals surface area contributed by atoms with Crippen LogP contribution in [0, 0.1) is 11.3 Å². The third-order valence-electron chi connectivity index (χ3n) is 2.34. The molecule has 2 N–H and O–H groups in total. The molecule has 1 aromatic rings. The number of benzene rings is 1. The van der Waals surface area contributed by atoms with E-state index in [0.717, 1.165) is 0 Å². The van der Waals surface area contributed by atoms with Gasteiger partial charge in [-0.3, -0.25) is 9.59 Å². The molecule has 0 aliphatic heterocycles. The number of carbonyl (C=O) groups excluding carboxylic acids is 2. The van der Waals surface area contributed by atoms with Crippen LogP contribution in [0.5, 0.6) is 11.5 Å². The lowest BCUT2D eigenvalue weighted by Crippen LogP contribution is -2.35. The predicted molar refractivity (Wildman–Crippen MR) is 76.0 cm³/mol. The molecule has 2 amide bonds. The minimum absolute atomic E-state index is 0.233. The molecule has 0 spiro atoms. The molecule has 0 radical (unpaired) electrons. The van der Waals surface area contributed by atoms with E-state index >= 15 is 0 Å². The molecule has 0 saturated carbocycles. The normalized spacial score (nSPS) is 9.38. The zero-order chi connectivity index (χ0) is 15.7. The average Bonchev–Trinajstić information content (AvgIpc) is 2.47. The molecule has 0 heterocycles. The molecule has 1 rings (SSSR count). The second-order valence-electron chi connectivity index (χ2n) is 3.82. The summed E-state index contributed by atoms with van der Waals surface area (Å²) in [5.41, 5.74) is 0.333. The van der Waals surface area contributed by atoms with Crippen LogP contribution in [0.1, 0.15) is 13.8 Å². The second kappa shape index (κ2) is 8.43. The first-order chi connectivity index (χ1) is 10.1. The van der Waals surface area contributed by atoms with Crippen molar-refractivity contribution in [3.05, 3.63) is 18.2 Å². The molecular weight excluding hydrogens is 274 g/mol. The lowest BCUT2D eigenvalue weighted by molar-refractivity contribution is -0.136. The van der Waals surface area contributed by atoms with E-state index in [-0.39, 0.29) is 6.54 Å². The van der Waals surface area contributed by atoms with Gasteiger partial charge in [0.15, 0.2) is 0 Å². The average molecular weight is 291 g/mol. The molecule has 0 saturated heterocycles. The molecule has 1 aromatic carbocycles. The van der Waals surface area contributed by atoms with Gasteiger partial charge in [-0.25, -0.2) is 0 Å². The number of anilines is 1. The molecule has 7 heteroatoms. The van der Waals surface area contributed by atoms with Crippen molar-refractivity contribution in [1.29, 1.82) is 5.26 Å². The van der Waals surface area contributed by atoms with E-state index in [0.29, 0.717) is 30.4 Å². The van der Waals surface area contributed by atoms with Gasteiger partial charge in [0.25, 0.3) is 0 Å². The Balaban J connectivity index is 2.87. The first kappa shape index (κ1) is 16.3. The summed E-state index contributed by atoms with van der Waals surface area (Å²) in [6.45, 7) is 4.30. The van der Waals surface area contributed by atoms with Crippen molar-refractivity contribution in [1.82, 2.24) is 5.32 Å². The minimum Gasteiger partial charge on any atom is -0.494 e. The second-order valence-corrected chi connectivity index (χ2v) is 3.82. The number of nitrogens with one attached hydrogen (secondary N) is 2. The Kier molecular flexibility index (Phi) is 6.54. The van der Waals surface area contributed by atoms with Crippen molar-refractivity contribution in [2.45, 2.75) is 13.8 Å². The molecule has 0 aromatic heterocycles. The maximum atomic E-state index is 11.7. The van der Waals surface area contributed by atoms with Crippen LogP contribution in [0.25, 0.3) is 0 Å². The van der Waals surface area contributed by atoms with Crippen molar-refractivity contribution in [2.75, 3.05) is 25.1 Å². The van der Waals surface area contributed by atoms with Crippen LogP contribution in [0.15, 0.2) is 18.2 Å². The van der Waals surface area contributed by atoms with Crippen LogP contribution >= 0.6 is 0 Å². The standard InChI is InChI=1S/C14H17N3O4/c1-3-20-10-5-6-12(21-4-2)11(9-10)17-14(19)13(18)16-8-7-15/h5-6,9H,3-4,8H2,1-2H3,(H,16,18)(H,17,19). The lowest BCUT2D eigenvalue weighted by atomic mass is 10.2. The van der Waals surface area contributed by atoms with Gasteiger partial charge in [0.2, 0.25) is 0 Å². The van der Waals surface area contributed by atoms with Gasteiger partial charge < -0.3 is 20.1 Å². The van der Waals surface area contributed by atoms with Crippen LogP contribution in [-0.4, -0.2) is 31.6 Å². The van der Waals surface area contributed by atoms with Crippen LogP contribution in [0.2, 0.25) is 0 Å². The lowest BCUT2D eigenvalue weighted by Gasteiger charge is -2.13. The monoisotopic (exact) mass is 291 g/mol. The van der Waals surface area contributed by atoms with Gasteiger partial charge in [0.1, 0.15) is 18.0 Å². The van der Waals surface area contributed by atoms with E-state index in [2.05, 4.69) is 10.6 Å². The van der Waals surface area contributed by atoms with Crippen LogP contribution in [-0.2, 0) is 9.59 Å². The van der Waals surface area contributed by atoms with Gasteiger partial charge in [0.05, 0.1) is 25.0 Å². The van der Waals surface area contributed by atoms with Crippen molar-refractivity contribution in [3.63, 3.8) is 0 Å². The summed E-state index contributed by atoms with van der Waals surface area (Å²) in [6.07, 6.45) is 0. The fourth-order valence-corrected chi connectivity index (χ4v) is 1.52. The molecule has 21 heavy (non-hydrogen) atoms. The van der Waals surface area contributed by atoms with Crippen molar-refractivity contribution in [3.8, 4) is 17.6 Å². The first-order valence-electron chi connectivity index (χ1n) is 6.48. The van der Waals surface area contributed by atoms with Crippen molar-refractivity contribution in [2.24, 2.45) is 0 Å². The molecule has 0 unspecified atom stereocenters. The number of hydrogen-bond donors (Lipinski definition) is 2. The highest BCUT2D eigenvalue weighted by Crippen LogP contribution is 2.29. The van der Waals surface area contributed by atoms with E-state index in [9.17, 15) is 9.59 Å². The van der Waals surface area contributed by atoms with Gasteiger partial charge >= 0.3 is 11.8 Å². The Bertz CT molecular complexity index is 552. The Hall–Kier alpha value is -2.75. The first-order valence-corrected chi connectivity index (χ1v) is 6.48. The molecule has 0 atom stereocenters. The zero-order valence-corrected chi connectivity index (χ0v) is 11.9. The Labute approximate surface area is 122 Å². The molecule has 0 bridgehead atoms. The quantitative estimate of drug-likeness (QED) is 0.603. The summed E-state index contributed by atoms with van der Waals surface area (Å²) in [7, 11) is 0. The predicted octanol–water partition coefficient (Wildman–Crippen LogP) is 1.06. The fourth-order valence-electron chi connectivity index (χ4n) is 1.52. The number of nitriles is 1. The third kappa shape index (κ3) is 5.03. The number of nitrogens with zero attached hydrogens (tertiary/aromatic N) is 1. The number of hydrogen-bond acceptors (Lipinski definition) is 5. The molecule has 0 aliphatic rings. The van der Waals surface area contributed by atoms with E-state index in [4.69, 9.17) is 14.7 Å². The van der Waals surface area contributed by atoms with Gasteiger partial charge in [-0.1, -0.05) is 0 Å². The summed E-state index contributed by atoms with van der Waals surface area (Å²) in [4.78, 5) is 23.2. The largest absolute Gasteiger partial charge is 0.494 e. The fraction of sp³-hybridized carbons (Fsp3) is 0.357. The Morgan fingerprint density at radius 1 is 1.19 bits per heavy atom. The van der Waals surface area contributed by atoms with E-state index < -0.39 is 11.8 Å². The molecule has 7 nitrogen and oxygen atoms in total. The number of carbonyl (C=O) groups is 2. The summed E-state index contributed by atoms with van der Waals surface area (Å²) in [5.74, 6) is -0.781. The van der Waals surface area contributed by atoms with Crippen LogP contribution in [0.3, 0.4) is 0 Å². The Morgan fingerprint density at radius 2 is 1.90 bits per heavy atom. The number of ether oxygens (including phenoxy) is 2. The highest BCUT2D eigenvalue weighted by molar-refractivity contribution is 6.39. The van der Waals surface area contributed by atoms with Crippen molar-refractivity contribution < 1.29 is 19.1 Å². The summed E-state index contributed by atoms with van der Waals surface area (Å²) in [5, 5.41) is 13.0.